The van der Waals surface area contributed by atoms with Gasteiger partial charge in [0.25, 0.3) is 5.91 Å². The molecule has 126 valence electrons. The van der Waals surface area contributed by atoms with E-state index in [0.29, 0.717) is 18.0 Å². The van der Waals surface area contributed by atoms with Crippen molar-refractivity contribution in [2.24, 2.45) is 5.92 Å². The normalized spacial score (nSPS) is 20.8. The number of hydrogen-bond acceptors (Lipinski definition) is 3. The molecule has 2 aromatic rings. The second-order valence-electron chi connectivity index (χ2n) is 6.40. The van der Waals surface area contributed by atoms with Gasteiger partial charge in [-0.25, -0.2) is 0 Å². The van der Waals surface area contributed by atoms with Gasteiger partial charge in [-0.2, -0.15) is 0 Å². The van der Waals surface area contributed by atoms with Gasteiger partial charge in [0.05, 0.1) is 11.7 Å². The van der Waals surface area contributed by atoms with Crippen molar-refractivity contribution in [1.82, 2.24) is 9.88 Å². The van der Waals surface area contributed by atoms with E-state index in [1.807, 2.05) is 30.0 Å². The maximum absolute atomic E-state index is 12.8. The van der Waals surface area contributed by atoms with Gasteiger partial charge in [0, 0.05) is 32.1 Å². The van der Waals surface area contributed by atoms with E-state index in [1.54, 1.807) is 13.3 Å². The molecule has 24 heavy (non-hydrogen) atoms. The summed E-state index contributed by atoms with van der Waals surface area (Å²) in [7, 11) is 1.74. The fourth-order valence-corrected chi connectivity index (χ4v) is 3.45. The van der Waals surface area contributed by atoms with E-state index >= 15 is 0 Å². The molecule has 2 heterocycles. The number of aryl methyl sites for hydroxylation is 1. The molecule has 1 fully saturated rings. The molecule has 1 aliphatic heterocycles. The van der Waals surface area contributed by atoms with E-state index in [4.69, 9.17) is 4.74 Å². The number of rotatable bonds is 4. The minimum atomic E-state index is 0.0563. The third kappa shape index (κ3) is 3.65. The number of carbonyl (C=O) groups is 1. The van der Waals surface area contributed by atoms with Crippen molar-refractivity contribution in [3.8, 4) is 0 Å². The third-order valence-electron chi connectivity index (χ3n) is 4.86. The van der Waals surface area contributed by atoms with Gasteiger partial charge in [0.15, 0.2) is 0 Å². The Morgan fingerprint density at radius 3 is 2.75 bits per heavy atom. The molecule has 0 spiro atoms. The lowest BCUT2D eigenvalue weighted by molar-refractivity contribution is -0.00700. The Morgan fingerprint density at radius 1 is 1.25 bits per heavy atom. The van der Waals surface area contributed by atoms with E-state index in [1.165, 1.54) is 5.56 Å². The fraction of sp³-hybridized carbons (Fsp3) is 0.400. The Balaban J connectivity index is 1.68. The van der Waals surface area contributed by atoms with Crippen molar-refractivity contribution >= 4 is 5.91 Å². The van der Waals surface area contributed by atoms with Crippen LogP contribution in [0.1, 0.15) is 28.0 Å². The van der Waals surface area contributed by atoms with Crippen LogP contribution in [0.3, 0.4) is 0 Å². The minimum absolute atomic E-state index is 0.0563. The van der Waals surface area contributed by atoms with Crippen LogP contribution in [0.25, 0.3) is 0 Å². The molecule has 1 amide bonds. The van der Waals surface area contributed by atoms with Crippen LogP contribution >= 0.6 is 0 Å². The van der Waals surface area contributed by atoms with Crippen LogP contribution in [0.2, 0.25) is 0 Å². The molecular weight excluding hydrogens is 300 g/mol. The molecule has 1 aliphatic rings. The molecule has 0 saturated carbocycles. The SMILES string of the molecule is CO[C@@H]1CN(C(=O)c2cccnc2C)CC[C@@H]1Cc1ccccc1. The molecule has 0 unspecified atom stereocenters. The second kappa shape index (κ2) is 7.58. The van der Waals surface area contributed by atoms with Crippen LogP contribution in [-0.4, -0.2) is 42.1 Å². The van der Waals surface area contributed by atoms with Crippen molar-refractivity contribution in [1.29, 1.82) is 0 Å². The lowest BCUT2D eigenvalue weighted by Gasteiger charge is -2.38. The number of carbonyl (C=O) groups excluding carboxylic acids is 1. The van der Waals surface area contributed by atoms with Crippen LogP contribution in [-0.2, 0) is 11.2 Å². The maximum Gasteiger partial charge on any atom is 0.255 e. The van der Waals surface area contributed by atoms with Gasteiger partial charge in [0.2, 0.25) is 0 Å². The summed E-state index contributed by atoms with van der Waals surface area (Å²) in [6, 6.07) is 14.2. The average molecular weight is 324 g/mol. The van der Waals surface area contributed by atoms with Gasteiger partial charge < -0.3 is 9.64 Å². The van der Waals surface area contributed by atoms with Gasteiger partial charge in [-0.3, -0.25) is 9.78 Å². The number of aromatic nitrogens is 1. The Morgan fingerprint density at radius 2 is 2.04 bits per heavy atom. The average Bonchev–Trinajstić information content (AvgIpc) is 2.63. The molecule has 1 saturated heterocycles. The zero-order valence-electron chi connectivity index (χ0n) is 14.3. The summed E-state index contributed by atoms with van der Waals surface area (Å²) in [6.45, 7) is 3.29. The molecule has 1 aromatic heterocycles. The Kier molecular flexibility index (Phi) is 5.26. The lowest BCUT2D eigenvalue weighted by atomic mass is 9.87. The van der Waals surface area contributed by atoms with Crippen LogP contribution in [0.15, 0.2) is 48.7 Å². The zero-order chi connectivity index (χ0) is 16.9. The predicted octanol–water partition coefficient (Wildman–Crippen LogP) is 3.11. The third-order valence-corrected chi connectivity index (χ3v) is 4.86. The minimum Gasteiger partial charge on any atom is -0.379 e. The Hall–Kier alpha value is -2.20. The van der Waals surface area contributed by atoms with Crippen molar-refractivity contribution in [2.75, 3.05) is 20.2 Å². The van der Waals surface area contributed by atoms with E-state index in [-0.39, 0.29) is 12.0 Å². The summed E-state index contributed by atoms with van der Waals surface area (Å²) in [5.74, 6) is 0.497. The first-order valence-electron chi connectivity index (χ1n) is 8.46. The standard InChI is InChI=1S/C20H24N2O2/c1-15-18(9-6-11-21-15)20(23)22-12-10-17(19(14-22)24-2)13-16-7-4-3-5-8-16/h3-9,11,17,19H,10,12-14H2,1-2H3/t17-,19-/m1/s1. The van der Waals surface area contributed by atoms with E-state index in [0.717, 1.165) is 25.1 Å². The first-order chi connectivity index (χ1) is 11.7. The van der Waals surface area contributed by atoms with E-state index in [2.05, 4.69) is 29.2 Å². The van der Waals surface area contributed by atoms with E-state index < -0.39 is 0 Å². The summed E-state index contributed by atoms with van der Waals surface area (Å²) < 4.78 is 5.71. The molecule has 4 heteroatoms. The van der Waals surface area contributed by atoms with Gasteiger partial charge in [-0.15, -0.1) is 0 Å². The molecule has 4 nitrogen and oxygen atoms in total. The van der Waals surface area contributed by atoms with Gasteiger partial charge >= 0.3 is 0 Å². The first kappa shape index (κ1) is 16.7. The monoisotopic (exact) mass is 324 g/mol. The van der Waals surface area contributed by atoms with E-state index in [9.17, 15) is 4.79 Å². The van der Waals surface area contributed by atoms with Gasteiger partial charge in [0.1, 0.15) is 0 Å². The smallest absolute Gasteiger partial charge is 0.255 e. The number of ether oxygens (including phenoxy) is 1. The molecule has 0 bridgehead atoms. The summed E-state index contributed by atoms with van der Waals surface area (Å²) in [6.07, 6.45) is 3.74. The lowest BCUT2D eigenvalue weighted by Crippen LogP contribution is -2.48. The van der Waals surface area contributed by atoms with Crippen molar-refractivity contribution in [3.05, 3.63) is 65.5 Å². The Labute approximate surface area is 143 Å². The molecule has 3 rings (SSSR count). The highest BCUT2D eigenvalue weighted by molar-refractivity contribution is 5.95. The molecule has 2 atom stereocenters. The number of methoxy groups -OCH3 is 1. The number of amides is 1. The first-order valence-corrected chi connectivity index (χ1v) is 8.46. The van der Waals surface area contributed by atoms with Crippen LogP contribution in [0.4, 0.5) is 0 Å². The number of pyridine rings is 1. The van der Waals surface area contributed by atoms with Crippen LogP contribution in [0.5, 0.6) is 0 Å². The van der Waals surface area contributed by atoms with Gasteiger partial charge in [-0.05, 0) is 43.4 Å². The predicted molar refractivity (Wildman–Crippen MR) is 93.9 cm³/mol. The number of nitrogens with zero attached hydrogens (tertiary/aromatic N) is 2. The number of benzene rings is 1. The number of piperidine rings is 1. The van der Waals surface area contributed by atoms with Crippen molar-refractivity contribution in [3.63, 3.8) is 0 Å². The maximum atomic E-state index is 12.8. The van der Waals surface area contributed by atoms with Gasteiger partial charge in [-0.1, -0.05) is 30.3 Å². The molecule has 0 aliphatic carbocycles. The Bertz CT molecular complexity index is 687. The highest BCUT2D eigenvalue weighted by atomic mass is 16.5. The van der Waals surface area contributed by atoms with Crippen LogP contribution < -0.4 is 0 Å². The molecule has 0 radical (unpaired) electrons. The zero-order valence-corrected chi connectivity index (χ0v) is 14.3. The van der Waals surface area contributed by atoms with Crippen LogP contribution in [0, 0.1) is 12.8 Å². The molecule has 1 aromatic carbocycles. The fourth-order valence-electron chi connectivity index (χ4n) is 3.45. The largest absolute Gasteiger partial charge is 0.379 e. The topological polar surface area (TPSA) is 42.4 Å². The summed E-state index contributed by atoms with van der Waals surface area (Å²) in [4.78, 5) is 18.9. The quantitative estimate of drug-likeness (QED) is 0.868. The van der Waals surface area contributed by atoms with Crippen molar-refractivity contribution in [2.45, 2.75) is 25.9 Å². The number of likely N-dealkylation sites (tertiary alicyclic amines) is 1. The highest BCUT2D eigenvalue weighted by Gasteiger charge is 2.32. The summed E-state index contributed by atoms with van der Waals surface area (Å²) in [5, 5.41) is 0. The summed E-state index contributed by atoms with van der Waals surface area (Å²) in [5.41, 5.74) is 2.80. The summed E-state index contributed by atoms with van der Waals surface area (Å²) >= 11 is 0. The molecule has 0 N–H and O–H groups in total. The highest BCUT2D eigenvalue weighted by Crippen LogP contribution is 2.25. The molecular formula is C20H24N2O2. The van der Waals surface area contributed by atoms with Crippen molar-refractivity contribution < 1.29 is 9.53 Å². The second-order valence-corrected chi connectivity index (χ2v) is 6.40. The number of hydrogen-bond donors (Lipinski definition) is 0.